The molecule has 1 unspecified atom stereocenters. The Morgan fingerprint density at radius 3 is 2.75 bits per heavy atom. The van der Waals surface area contributed by atoms with Crippen LogP contribution in [0.15, 0.2) is 0 Å². The van der Waals surface area contributed by atoms with E-state index in [-0.39, 0.29) is 6.61 Å². The lowest BCUT2D eigenvalue weighted by molar-refractivity contribution is 0.233. The van der Waals surface area contributed by atoms with Crippen molar-refractivity contribution in [2.24, 2.45) is 5.92 Å². The Morgan fingerprint density at radius 1 is 1.75 bits per heavy atom. The molecule has 1 saturated heterocycles. The van der Waals surface area contributed by atoms with Gasteiger partial charge < -0.3 is 5.11 Å². The molecule has 0 aromatic rings. The number of aliphatic hydroxyl groups is 1. The van der Waals surface area contributed by atoms with Gasteiger partial charge in [0.25, 0.3) is 0 Å². The summed E-state index contributed by atoms with van der Waals surface area (Å²) in [5, 5.41) is 8.60. The normalized spacial score (nSPS) is 31.5. The fraction of sp³-hybridized carbons (Fsp3) is 1.00. The molecule has 0 spiro atoms. The van der Waals surface area contributed by atoms with Crippen molar-refractivity contribution in [2.75, 3.05) is 19.7 Å². The van der Waals surface area contributed by atoms with Crippen molar-refractivity contribution in [3.05, 3.63) is 0 Å². The first-order valence-corrected chi connectivity index (χ1v) is 3.18. The average Bonchev–Trinajstić information content (AvgIpc) is 2.14. The van der Waals surface area contributed by atoms with Gasteiger partial charge in [-0.1, -0.05) is 0 Å². The van der Waals surface area contributed by atoms with Gasteiger partial charge in [0.05, 0.1) is 0 Å². The number of hydrogen-bond acceptors (Lipinski definition) is 2. The molecule has 0 bridgehead atoms. The topological polar surface area (TPSA) is 23.5 Å². The van der Waals surface area contributed by atoms with Gasteiger partial charge >= 0.3 is 0 Å². The van der Waals surface area contributed by atoms with Crippen molar-refractivity contribution in [1.29, 1.82) is 0 Å². The molecule has 0 aromatic carbocycles. The predicted molar refractivity (Wildman–Crippen MR) is 32.6 cm³/mol. The first-order chi connectivity index (χ1) is 3.83. The molecule has 1 N–H and O–H groups in total. The highest BCUT2D eigenvalue weighted by atomic mass is 35.5. The van der Waals surface area contributed by atoms with Crippen LogP contribution in [0.2, 0.25) is 0 Å². The van der Waals surface area contributed by atoms with E-state index in [2.05, 4.69) is 0 Å². The summed E-state index contributed by atoms with van der Waals surface area (Å²) in [4.78, 5) is 0. The van der Waals surface area contributed by atoms with E-state index < -0.39 is 0 Å². The molecule has 1 rings (SSSR count). The second-order valence-corrected chi connectivity index (χ2v) is 2.68. The molecule has 1 aliphatic heterocycles. The second-order valence-electron chi connectivity index (χ2n) is 2.21. The zero-order valence-corrected chi connectivity index (χ0v) is 5.43. The van der Waals surface area contributed by atoms with Crippen molar-refractivity contribution in [3.63, 3.8) is 0 Å². The van der Waals surface area contributed by atoms with Gasteiger partial charge in [-0.15, -0.1) is 0 Å². The van der Waals surface area contributed by atoms with Gasteiger partial charge in [0.2, 0.25) is 0 Å². The monoisotopic (exact) mass is 135 g/mol. The van der Waals surface area contributed by atoms with Gasteiger partial charge in [0, 0.05) is 19.7 Å². The maximum absolute atomic E-state index is 8.60. The van der Waals surface area contributed by atoms with E-state index >= 15 is 0 Å². The van der Waals surface area contributed by atoms with Crippen molar-refractivity contribution in [3.8, 4) is 0 Å². The molecule has 0 amide bonds. The summed E-state index contributed by atoms with van der Waals surface area (Å²) in [7, 11) is 0. The van der Waals surface area contributed by atoms with Crippen molar-refractivity contribution in [1.82, 2.24) is 4.42 Å². The first-order valence-electron chi connectivity index (χ1n) is 2.84. The van der Waals surface area contributed by atoms with Crippen LogP contribution < -0.4 is 0 Å². The zero-order chi connectivity index (χ0) is 5.98. The Bertz CT molecular complexity index is 78.8. The smallest absolute Gasteiger partial charge is 0.0472 e. The molecular formula is C5H10ClNO. The first kappa shape index (κ1) is 6.33. The molecule has 0 aliphatic carbocycles. The second kappa shape index (κ2) is 2.67. The molecule has 1 aliphatic rings. The lowest BCUT2D eigenvalue weighted by Crippen LogP contribution is -2.10. The quantitative estimate of drug-likeness (QED) is 0.528. The Labute approximate surface area is 54.2 Å². The molecular weight excluding hydrogens is 126 g/mol. The van der Waals surface area contributed by atoms with Crippen LogP contribution in [0, 0.1) is 5.92 Å². The SMILES string of the molecule is OCC1CCN(Cl)C1. The summed E-state index contributed by atoms with van der Waals surface area (Å²) in [5.41, 5.74) is 0. The maximum Gasteiger partial charge on any atom is 0.0472 e. The minimum absolute atomic E-state index is 0.281. The van der Waals surface area contributed by atoms with E-state index in [1.54, 1.807) is 4.42 Å². The van der Waals surface area contributed by atoms with Crippen LogP contribution in [0.1, 0.15) is 6.42 Å². The van der Waals surface area contributed by atoms with Gasteiger partial charge in [0.15, 0.2) is 0 Å². The molecule has 1 fully saturated rings. The van der Waals surface area contributed by atoms with E-state index in [4.69, 9.17) is 16.9 Å². The van der Waals surface area contributed by atoms with E-state index in [0.29, 0.717) is 5.92 Å². The maximum atomic E-state index is 8.60. The van der Waals surface area contributed by atoms with Crippen LogP contribution in [0.4, 0.5) is 0 Å². The highest BCUT2D eigenvalue weighted by Gasteiger charge is 2.19. The minimum atomic E-state index is 0.281. The lowest BCUT2D eigenvalue weighted by Gasteiger charge is -2.02. The number of halogens is 1. The minimum Gasteiger partial charge on any atom is -0.396 e. The van der Waals surface area contributed by atoms with Crippen LogP contribution in [-0.2, 0) is 0 Å². The molecule has 1 heterocycles. The number of aliphatic hydroxyl groups excluding tert-OH is 1. The van der Waals surface area contributed by atoms with Gasteiger partial charge in [-0.25, -0.2) is 4.42 Å². The summed E-state index contributed by atoms with van der Waals surface area (Å²) < 4.78 is 1.72. The molecule has 3 heteroatoms. The van der Waals surface area contributed by atoms with E-state index in [0.717, 1.165) is 19.5 Å². The summed E-state index contributed by atoms with van der Waals surface area (Å²) >= 11 is 5.61. The molecule has 48 valence electrons. The van der Waals surface area contributed by atoms with Crippen LogP contribution in [-0.4, -0.2) is 29.2 Å². The fourth-order valence-corrected chi connectivity index (χ4v) is 1.23. The van der Waals surface area contributed by atoms with Crippen LogP contribution in [0.3, 0.4) is 0 Å². The van der Waals surface area contributed by atoms with Crippen molar-refractivity contribution in [2.45, 2.75) is 6.42 Å². The lowest BCUT2D eigenvalue weighted by atomic mass is 10.1. The van der Waals surface area contributed by atoms with Gasteiger partial charge in [0.1, 0.15) is 0 Å². The molecule has 0 radical (unpaired) electrons. The van der Waals surface area contributed by atoms with Gasteiger partial charge in [-0.3, -0.25) is 0 Å². The van der Waals surface area contributed by atoms with Crippen LogP contribution >= 0.6 is 11.8 Å². The Morgan fingerprint density at radius 2 is 2.50 bits per heavy atom. The average molecular weight is 136 g/mol. The third-order valence-electron chi connectivity index (χ3n) is 1.49. The largest absolute Gasteiger partial charge is 0.396 e. The highest BCUT2D eigenvalue weighted by Crippen LogP contribution is 2.16. The van der Waals surface area contributed by atoms with Crippen LogP contribution in [0.25, 0.3) is 0 Å². The predicted octanol–water partition coefficient (Wildman–Crippen LogP) is 0.454. The third kappa shape index (κ3) is 1.34. The zero-order valence-electron chi connectivity index (χ0n) is 4.68. The summed E-state index contributed by atoms with van der Waals surface area (Å²) in [5.74, 6) is 0.424. The molecule has 0 saturated carbocycles. The summed E-state index contributed by atoms with van der Waals surface area (Å²) in [6.07, 6.45) is 1.04. The fourth-order valence-electron chi connectivity index (χ4n) is 0.934. The van der Waals surface area contributed by atoms with Crippen molar-refractivity contribution >= 4 is 11.8 Å². The Kier molecular flexibility index (Phi) is 2.11. The van der Waals surface area contributed by atoms with Crippen LogP contribution in [0.5, 0.6) is 0 Å². The van der Waals surface area contributed by atoms with Gasteiger partial charge in [-0.2, -0.15) is 0 Å². The number of nitrogens with zero attached hydrogens (tertiary/aromatic N) is 1. The van der Waals surface area contributed by atoms with E-state index in [1.807, 2.05) is 0 Å². The highest BCUT2D eigenvalue weighted by molar-refractivity contribution is 6.13. The molecule has 1 atom stereocenters. The standard InChI is InChI=1S/C5H10ClNO/c6-7-2-1-5(3-7)4-8/h5,8H,1-4H2. The molecule has 0 aromatic heterocycles. The molecule has 8 heavy (non-hydrogen) atoms. The van der Waals surface area contributed by atoms with Gasteiger partial charge in [-0.05, 0) is 24.1 Å². The number of hydrogen-bond donors (Lipinski definition) is 1. The van der Waals surface area contributed by atoms with E-state index in [9.17, 15) is 0 Å². The van der Waals surface area contributed by atoms with Crippen molar-refractivity contribution < 1.29 is 5.11 Å². The van der Waals surface area contributed by atoms with E-state index in [1.165, 1.54) is 0 Å². The summed E-state index contributed by atoms with van der Waals surface area (Å²) in [6, 6.07) is 0. The number of rotatable bonds is 1. The Balaban J connectivity index is 2.22. The summed E-state index contributed by atoms with van der Waals surface area (Å²) in [6.45, 7) is 2.05. The molecule has 2 nitrogen and oxygen atoms in total. The third-order valence-corrected chi connectivity index (χ3v) is 1.80. The Hall–Kier alpha value is 0.210.